The van der Waals surface area contributed by atoms with Crippen LogP contribution in [0.25, 0.3) is 0 Å². The van der Waals surface area contributed by atoms with Gasteiger partial charge in [0.2, 0.25) is 0 Å². The largest absolute Gasteiger partial charge is 0.463 e. The molecule has 0 aliphatic heterocycles. The predicted molar refractivity (Wildman–Crippen MR) is 79.3 cm³/mol. The van der Waals surface area contributed by atoms with Gasteiger partial charge in [-0.2, -0.15) is 0 Å². The fourth-order valence-electron chi connectivity index (χ4n) is 1.64. The van der Waals surface area contributed by atoms with Crippen molar-refractivity contribution in [1.82, 2.24) is 0 Å². The van der Waals surface area contributed by atoms with Crippen molar-refractivity contribution < 1.29 is 19.1 Å². The fraction of sp³-hybridized carbons (Fsp3) is 0.750. The first-order chi connectivity index (χ1) is 9.70. The van der Waals surface area contributed by atoms with Crippen LogP contribution in [0, 0.1) is 0 Å². The van der Waals surface area contributed by atoms with Crippen molar-refractivity contribution in [2.75, 3.05) is 13.2 Å². The van der Waals surface area contributed by atoms with Crippen molar-refractivity contribution in [1.29, 1.82) is 0 Å². The monoisotopic (exact) mass is 284 g/mol. The molecule has 0 spiro atoms. The SMILES string of the molecule is CCCCCCOC(=O)/C=C\C(=O)OCCCCCC. The Morgan fingerprint density at radius 3 is 1.45 bits per heavy atom. The van der Waals surface area contributed by atoms with E-state index < -0.39 is 11.9 Å². The number of hydrogen-bond acceptors (Lipinski definition) is 4. The normalized spacial score (nSPS) is 10.7. The molecule has 20 heavy (non-hydrogen) atoms. The van der Waals surface area contributed by atoms with E-state index in [9.17, 15) is 9.59 Å². The molecule has 0 aliphatic rings. The molecule has 0 aromatic rings. The van der Waals surface area contributed by atoms with Gasteiger partial charge in [-0.05, 0) is 12.8 Å². The average molecular weight is 284 g/mol. The minimum atomic E-state index is -0.482. The highest BCUT2D eigenvalue weighted by molar-refractivity contribution is 5.91. The molecule has 0 aromatic carbocycles. The molecule has 0 fully saturated rings. The average Bonchev–Trinajstić information content (AvgIpc) is 2.44. The van der Waals surface area contributed by atoms with Crippen LogP contribution < -0.4 is 0 Å². The second kappa shape index (κ2) is 14.1. The van der Waals surface area contributed by atoms with E-state index in [2.05, 4.69) is 13.8 Å². The van der Waals surface area contributed by atoms with Gasteiger partial charge in [0.25, 0.3) is 0 Å². The molecule has 0 aliphatic carbocycles. The molecule has 4 nitrogen and oxygen atoms in total. The number of carbonyl (C=O) groups excluding carboxylic acids is 2. The van der Waals surface area contributed by atoms with Crippen LogP contribution in [0.4, 0.5) is 0 Å². The summed E-state index contributed by atoms with van der Waals surface area (Å²) >= 11 is 0. The quantitative estimate of drug-likeness (QED) is 0.311. The van der Waals surface area contributed by atoms with Gasteiger partial charge in [-0.3, -0.25) is 0 Å². The summed E-state index contributed by atoms with van der Waals surface area (Å²) < 4.78 is 9.93. The number of carbonyl (C=O) groups is 2. The van der Waals surface area contributed by atoms with Crippen molar-refractivity contribution in [2.24, 2.45) is 0 Å². The van der Waals surface area contributed by atoms with Crippen LogP contribution in [0.3, 0.4) is 0 Å². The molecule has 0 N–H and O–H groups in total. The molecule has 0 radical (unpaired) electrons. The van der Waals surface area contributed by atoms with Crippen LogP contribution in [0.15, 0.2) is 12.2 Å². The Morgan fingerprint density at radius 2 is 1.10 bits per heavy atom. The molecule has 0 bridgehead atoms. The second-order valence-corrected chi connectivity index (χ2v) is 4.79. The van der Waals surface area contributed by atoms with Crippen molar-refractivity contribution >= 4 is 11.9 Å². The van der Waals surface area contributed by atoms with Crippen molar-refractivity contribution in [2.45, 2.75) is 65.2 Å². The van der Waals surface area contributed by atoms with E-state index in [4.69, 9.17) is 9.47 Å². The number of hydrogen-bond donors (Lipinski definition) is 0. The smallest absolute Gasteiger partial charge is 0.331 e. The first kappa shape index (κ1) is 18.7. The van der Waals surface area contributed by atoms with Crippen LogP contribution in [-0.2, 0) is 19.1 Å². The number of rotatable bonds is 12. The van der Waals surface area contributed by atoms with Crippen molar-refractivity contribution in [3.63, 3.8) is 0 Å². The highest BCUT2D eigenvalue weighted by Gasteiger charge is 2.01. The maximum absolute atomic E-state index is 11.3. The summed E-state index contributed by atoms with van der Waals surface area (Å²) in [6.45, 7) is 5.08. The Morgan fingerprint density at radius 1 is 0.700 bits per heavy atom. The lowest BCUT2D eigenvalue weighted by Crippen LogP contribution is -2.06. The Kier molecular flexibility index (Phi) is 13.2. The van der Waals surface area contributed by atoms with E-state index >= 15 is 0 Å². The van der Waals surface area contributed by atoms with E-state index in [1.807, 2.05) is 0 Å². The zero-order chi connectivity index (χ0) is 15.1. The molecule has 0 unspecified atom stereocenters. The lowest BCUT2D eigenvalue weighted by molar-refractivity contribution is -0.140. The summed E-state index contributed by atoms with van der Waals surface area (Å²) in [6, 6.07) is 0. The molecule has 116 valence electrons. The van der Waals surface area contributed by atoms with Gasteiger partial charge in [0.05, 0.1) is 13.2 Å². The van der Waals surface area contributed by atoms with Crippen molar-refractivity contribution in [3.05, 3.63) is 12.2 Å². The topological polar surface area (TPSA) is 52.6 Å². The first-order valence-electron chi connectivity index (χ1n) is 7.72. The van der Waals surface area contributed by atoms with Gasteiger partial charge < -0.3 is 9.47 Å². The minimum absolute atomic E-state index is 0.412. The third-order valence-corrected chi connectivity index (χ3v) is 2.84. The maximum Gasteiger partial charge on any atom is 0.331 e. The molecular formula is C16H28O4. The summed E-state index contributed by atoms with van der Waals surface area (Å²) in [5.41, 5.74) is 0. The fourth-order valence-corrected chi connectivity index (χ4v) is 1.64. The molecule has 0 atom stereocenters. The summed E-state index contributed by atoms with van der Waals surface area (Å²) in [7, 11) is 0. The van der Waals surface area contributed by atoms with E-state index in [1.165, 1.54) is 0 Å². The third-order valence-electron chi connectivity index (χ3n) is 2.84. The molecule has 0 amide bonds. The number of unbranched alkanes of at least 4 members (excludes halogenated alkanes) is 6. The van der Waals surface area contributed by atoms with Gasteiger partial charge in [0, 0.05) is 12.2 Å². The molecule has 0 aromatic heterocycles. The highest BCUT2D eigenvalue weighted by Crippen LogP contribution is 2.00. The van der Waals surface area contributed by atoms with Crippen LogP contribution in [0.5, 0.6) is 0 Å². The van der Waals surface area contributed by atoms with Crippen LogP contribution in [0.1, 0.15) is 65.2 Å². The number of ether oxygens (including phenoxy) is 2. The standard InChI is InChI=1S/C16H28O4/c1-3-5-7-9-13-19-15(17)11-12-16(18)20-14-10-8-6-4-2/h11-12H,3-10,13-14H2,1-2H3/b12-11-. The van der Waals surface area contributed by atoms with Gasteiger partial charge in [-0.25, -0.2) is 9.59 Å². The van der Waals surface area contributed by atoms with Crippen molar-refractivity contribution in [3.8, 4) is 0 Å². The Hall–Kier alpha value is -1.32. The van der Waals surface area contributed by atoms with Gasteiger partial charge in [0.1, 0.15) is 0 Å². The highest BCUT2D eigenvalue weighted by atomic mass is 16.5. The number of esters is 2. The van der Waals surface area contributed by atoms with Gasteiger partial charge in [-0.1, -0.05) is 52.4 Å². The maximum atomic E-state index is 11.3. The van der Waals surface area contributed by atoms with Crippen LogP contribution >= 0.6 is 0 Å². The molecule has 0 saturated carbocycles. The van der Waals surface area contributed by atoms with E-state index in [1.54, 1.807) is 0 Å². The van der Waals surface area contributed by atoms with Crippen LogP contribution in [0.2, 0.25) is 0 Å². The predicted octanol–water partition coefficient (Wildman–Crippen LogP) is 3.79. The van der Waals surface area contributed by atoms with Crippen LogP contribution in [-0.4, -0.2) is 25.2 Å². The Bertz CT molecular complexity index is 256. The van der Waals surface area contributed by atoms with E-state index in [0.29, 0.717) is 13.2 Å². The zero-order valence-corrected chi connectivity index (χ0v) is 12.9. The van der Waals surface area contributed by atoms with E-state index in [-0.39, 0.29) is 0 Å². The lowest BCUT2D eigenvalue weighted by Gasteiger charge is -2.02. The minimum Gasteiger partial charge on any atom is -0.463 e. The van der Waals surface area contributed by atoms with Gasteiger partial charge >= 0.3 is 11.9 Å². The molecule has 0 saturated heterocycles. The first-order valence-corrected chi connectivity index (χ1v) is 7.72. The van der Waals surface area contributed by atoms with E-state index in [0.717, 1.165) is 63.5 Å². The summed E-state index contributed by atoms with van der Waals surface area (Å²) in [5, 5.41) is 0. The lowest BCUT2D eigenvalue weighted by atomic mass is 10.2. The molecule has 0 rings (SSSR count). The van der Waals surface area contributed by atoms with Gasteiger partial charge in [-0.15, -0.1) is 0 Å². The summed E-state index contributed by atoms with van der Waals surface area (Å²) in [6.07, 6.45) is 10.7. The second-order valence-electron chi connectivity index (χ2n) is 4.79. The van der Waals surface area contributed by atoms with Gasteiger partial charge in [0.15, 0.2) is 0 Å². The molecule has 4 heteroatoms. The Labute approximate surface area is 122 Å². The zero-order valence-electron chi connectivity index (χ0n) is 12.9. The molecule has 0 heterocycles. The third kappa shape index (κ3) is 13.1. The summed E-state index contributed by atoms with van der Waals surface area (Å²) in [4.78, 5) is 22.6. The Balaban J connectivity index is 3.54. The molecular weight excluding hydrogens is 256 g/mol. The summed E-state index contributed by atoms with van der Waals surface area (Å²) in [5.74, 6) is -0.964.